The fraction of sp³-hybridized carbons (Fsp3) is 0.500. The first-order valence-electron chi connectivity index (χ1n) is 6.48. The summed E-state index contributed by atoms with van der Waals surface area (Å²) in [5.74, 6) is -0.573. The maximum atomic E-state index is 14.5. The van der Waals surface area contributed by atoms with Crippen LogP contribution in [0.3, 0.4) is 0 Å². The van der Waals surface area contributed by atoms with Crippen LogP contribution in [0.5, 0.6) is 0 Å². The van der Waals surface area contributed by atoms with Crippen LogP contribution in [0, 0.1) is 5.82 Å². The van der Waals surface area contributed by atoms with Gasteiger partial charge in [-0.05, 0) is 46.8 Å². The molecule has 2 heterocycles. The molecular formula is C14H18BF2NO2. The number of allylic oxidation sites excluding steroid dienone is 1. The average Bonchev–Trinajstić information content (AvgIpc) is 2.57. The fourth-order valence-corrected chi connectivity index (χ4v) is 1.90. The predicted molar refractivity (Wildman–Crippen MR) is 74.0 cm³/mol. The number of aromatic nitrogens is 1. The topological polar surface area (TPSA) is 31.4 Å². The normalized spacial score (nSPS) is 21.9. The summed E-state index contributed by atoms with van der Waals surface area (Å²) >= 11 is 0. The van der Waals surface area contributed by atoms with E-state index in [-0.39, 0.29) is 11.3 Å². The van der Waals surface area contributed by atoms with Crippen LogP contribution in [0.2, 0.25) is 0 Å². The summed E-state index contributed by atoms with van der Waals surface area (Å²) in [4.78, 5) is 3.86. The van der Waals surface area contributed by atoms with Crippen LogP contribution in [-0.4, -0.2) is 23.3 Å². The van der Waals surface area contributed by atoms with Crippen molar-refractivity contribution >= 4 is 12.7 Å². The van der Waals surface area contributed by atoms with Crippen molar-refractivity contribution in [3.8, 4) is 0 Å². The van der Waals surface area contributed by atoms with E-state index in [1.807, 2.05) is 27.7 Å². The van der Waals surface area contributed by atoms with Crippen molar-refractivity contribution in [3.05, 3.63) is 35.6 Å². The SMILES string of the molecule is CC(=C(F)B1OC(C)(C)C(C)(C)O1)c1ncccc1F. The Balaban J connectivity index is 2.35. The molecule has 0 saturated carbocycles. The van der Waals surface area contributed by atoms with Crippen molar-refractivity contribution in [2.75, 3.05) is 0 Å². The van der Waals surface area contributed by atoms with E-state index in [4.69, 9.17) is 9.31 Å². The minimum atomic E-state index is -1.14. The summed E-state index contributed by atoms with van der Waals surface area (Å²) in [6.45, 7) is 8.79. The Morgan fingerprint density at radius 3 is 2.25 bits per heavy atom. The number of pyridine rings is 1. The monoisotopic (exact) mass is 281 g/mol. The standard InChI is InChI=1S/C14H18BF2NO2/c1-9(11-10(16)7-6-8-18-11)12(17)15-19-13(2,3)14(4,5)20-15/h6-8H,1-5H3. The third kappa shape index (κ3) is 2.50. The van der Waals surface area contributed by atoms with E-state index < -0.39 is 29.9 Å². The maximum absolute atomic E-state index is 14.5. The second-order valence-corrected chi connectivity index (χ2v) is 5.90. The van der Waals surface area contributed by atoms with E-state index in [9.17, 15) is 8.78 Å². The lowest BCUT2D eigenvalue weighted by molar-refractivity contribution is 0.00578. The molecule has 0 aliphatic carbocycles. The molecule has 0 unspecified atom stereocenters. The minimum absolute atomic E-state index is 0.0280. The minimum Gasteiger partial charge on any atom is -0.398 e. The first-order valence-corrected chi connectivity index (χ1v) is 6.48. The Morgan fingerprint density at radius 2 is 1.75 bits per heavy atom. The summed E-state index contributed by atoms with van der Waals surface area (Å²) < 4.78 is 39.3. The Hall–Kier alpha value is -1.27. The van der Waals surface area contributed by atoms with Crippen LogP contribution in [0.1, 0.15) is 40.3 Å². The molecule has 1 aliphatic rings. The molecule has 1 aliphatic heterocycles. The molecule has 20 heavy (non-hydrogen) atoms. The summed E-state index contributed by atoms with van der Waals surface area (Å²) in [6, 6.07) is 2.70. The summed E-state index contributed by atoms with van der Waals surface area (Å²) in [5.41, 5.74) is -1.88. The van der Waals surface area contributed by atoms with E-state index in [0.29, 0.717) is 0 Å². The van der Waals surface area contributed by atoms with Crippen molar-refractivity contribution in [3.63, 3.8) is 0 Å². The maximum Gasteiger partial charge on any atom is 0.525 e. The highest BCUT2D eigenvalue weighted by Gasteiger charge is 2.53. The van der Waals surface area contributed by atoms with Gasteiger partial charge in [-0.15, -0.1) is 0 Å². The fourth-order valence-electron chi connectivity index (χ4n) is 1.90. The second-order valence-electron chi connectivity index (χ2n) is 5.90. The molecule has 108 valence electrons. The molecule has 0 atom stereocenters. The number of hydrogen-bond donors (Lipinski definition) is 0. The first-order chi connectivity index (χ1) is 9.16. The van der Waals surface area contributed by atoms with Gasteiger partial charge in [0.2, 0.25) is 0 Å². The third-order valence-electron chi connectivity index (χ3n) is 3.93. The van der Waals surface area contributed by atoms with E-state index >= 15 is 0 Å². The molecule has 2 rings (SSSR count). The van der Waals surface area contributed by atoms with Crippen LogP contribution < -0.4 is 0 Å². The van der Waals surface area contributed by atoms with Gasteiger partial charge in [0.15, 0.2) is 0 Å². The van der Waals surface area contributed by atoms with Crippen molar-refractivity contribution in [1.82, 2.24) is 4.98 Å². The van der Waals surface area contributed by atoms with Crippen molar-refractivity contribution in [2.24, 2.45) is 0 Å². The van der Waals surface area contributed by atoms with E-state index in [2.05, 4.69) is 4.98 Å². The Labute approximate surface area is 118 Å². The van der Waals surface area contributed by atoms with Crippen LogP contribution >= 0.6 is 0 Å². The highest BCUT2D eigenvalue weighted by atomic mass is 19.1. The van der Waals surface area contributed by atoms with Crippen molar-refractivity contribution in [1.29, 1.82) is 0 Å². The van der Waals surface area contributed by atoms with Gasteiger partial charge in [-0.3, -0.25) is 4.98 Å². The second kappa shape index (κ2) is 4.93. The largest absolute Gasteiger partial charge is 0.525 e. The zero-order valence-corrected chi connectivity index (χ0v) is 12.3. The van der Waals surface area contributed by atoms with Crippen molar-refractivity contribution < 1.29 is 18.1 Å². The van der Waals surface area contributed by atoms with Crippen LogP contribution in [0.4, 0.5) is 8.78 Å². The van der Waals surface area contributed by atoms with E-state index in [0.717, 1.165) is 0 Å². The van der Waals surface area contributed by atoms with Gasteiger partial charge in [0.05, 0.1) is 11.2 Å². The highest BCUT2D eigenvalue weighted by Crippen LogP contribution is 2.40. The zero-order valence-electron chi connectivity index (χ0n) is 12.3. The number of nitrogens with zero attached hydrogens (tertiary/aromatic N) is 1. The third-order valence-corrected chi connectivity index (χ3v) is 3.93. The molecule has 1 saturated heterocycles. The van der Waals surface area contributed by atoms with Crippen LogP contribution in [0.25, 0.3) is 5.57 Å². The molecule has 0 bridgehead atoms. The molecule has 1 aromatic rings. The summed E-state index contributed by atoms with van der Waals surface area (Å²) in [7, 11) is -1.14. The molecule has 1 aromatic heterocycles. The average molecular weight is 281 g/mol. The summed E-state index contributed by atoms with van der Waals surface area (Å²) in [5, 5.41) is 0. The van der Waals surface area contributed by atoms with Gasteiger partial charge in [-0.2, -0.15) is 0 Å². The number of hydrogen-bond acceptors (Lipinski definition) is 3. The lowest BCUT2D eigenvalue weighted by atomic mass is 9.84. The van der Waals surface area contributed by atoms with Gasteiger partial charge in [0, 0.05) is 11.8 Å². The van der Waals surface area contributed by atoms with Gasteiger partial charge in [-0.25, -0.2) is 8.78 Å². The smallest absolute Gasteiger partial charge is 0.398 e. The predicted octanol–water partition coefficient (Wildman–Crippen LogP) is 3.55. The van der Waals surface area contributed by atoms with E-state index in [1.165, 1.54) is 25.3 Å². The molecule has 0 amide bonds. The highest BCUT2D eigenvalue weighted by molar-refractivity contribution is 6.55. The van der Waals surface area contributed by atoms with Crippen LogP contribution in [-0.2, 0) is 9.31 Å². The van der Waals surface area contributed by atoms with Gasteiger partial charge in [0.1, 0.15) is 17.2 Å². The first kappa shape index (κ1) is 15.1. The molecule has 0 aromatic carbocycles. The Kier molecular flexibility index (Phi) is 3.73. The molecule has 0 spiro atoms. The molecule has 3 nitrogen and oxygen atoms in total. The van der Waals surface area contributed by atoms with Gasteiger partial charge >= 0.3 is 7.12 Å². The zero-order chi connectivity index (χ0) is 15.1. The van der Waals surface area contributed by atoms with E-state index in [1.54, 1.807) is 0 Å². The quantitative estimate of drug-likeness (QED) is 0.777. The summed E-state index contributed by atoms with van der Waals surface area (Å²) in [6.07, 6.45) is 1.42. The molecule has 0 radical (unpaired) electrons. The molecule has 0 N–H and O–H groups in total. The van der Waals surface area contributed by atoms with Crippen LogP contribution in [0.15, 0.2) is 24.1 Å². The molecular weight excluding hydrogens is 263 g/mol. The van der Waals surface area contributed by atoms with Gasteiger partial charge in [0.25, 0.3) is 0 Å². The number of halogens is 2. The Bertz CT molecular complexity index is 542. The van der Waals surface area contributed by atoms with Gasteiger partial charge in [-0.1, -0.05) is 0 Å². The van der Waals surface area contributed by atoms with Crippen molar-refractivity contribution in [2.45, 2.75) is 45.8 Å². The molecule has 1 fully saturated rings. The molecule has 6 heteroatoms. The Morgan fingerprint density at radius 1 is 1.20 bits per heavy atom. The lowest BCUT2D eigenvalue weighted by Gasteiger charge is -2.32. The lowest BCUT2D eigenvalue weighted by Crippen LogP contribution is -2.41. The number of rotatable bonds is 2. The van der Waals surface area contributed by atoms with Gasteiger partial charge < -0.3 is 9.31 Å².